The number of hydrogen-bond acceptors (Lipinski definition) is 2. The highest BCUT2D eigenvalue weighted by Crippen LogP contribution is 2.27. The lowest BCUT2D eigenvalue weighted by atomic mass is 10.0. The predicted octanol–water partition coefficient (Wildman–Crippen LogP) is 2.46. The standard InChI is InChI=1S/C12H16O2/c1-9(13)10-5-6-12-11(8-10)4-2-3-7-14-12/h5-6,8-9,13H,2-4,7H2,1H3. The first-order valence-corrected chi connectivity index (χ1v) is 5.21. The van der Waals surface area contributed by atoms with Gasteiger partial charge in [-0.05, 0) is 49.4 Å². The summed E-state index contributed by atoms with van der Waals surface area (Å²) in [5, 5.41) is 9.45. The van der Waals surface area contributed by atoms with Crippen LogP contribution in [-0.2, 0) is 6.42 Å². The Hall–Kier alpha value is -1.02. The molecule has 1 aliphatic heterocycles. The summed E-state index contributed by atoms with van der Waals surface area (Å²) >= 11 is 0. The van der Waals surface area contributed by atoms with Crippen LogP contribution < -0.4 is 4.74 Å². The molecule has 0 fully saturated rings. The van der Waals surface area contributed by atoms with E-state index in [1.165, 1.54) is 12.0 Å². The van der Waals surface area contributed by atoms with Crippen LogP contribution in [0.25, 0.3) is 0 Å². The van der Waals surface area contributed by atoms with Gasteiger partial charge in [0.05, 0.1) is 12.7 Å². The van der Waals surface area contributed by atoms with Crippen molar-refractivity contribution in [1.29, 1.82) is 0 Å². The van der Waals surface area contributed by atoms with Crippen LogP contribution in [-0.4, -0.2) is 11.7 Å². The molecule has 0 amide bonds. The number of benzene rings is 1. The number of fused-ring (bicyclic) bond motifs is 1. The zero-order chi connectivity index (χ0) is 9.97. The second kappa shape index (κ2) is 4.01. The monoisotopic (exact) mass is 192 g/mol. The van der Waals surface area contributed by atoms with Crippen LogP contribution in [0, 0.1) is 0 Å². The Bertz CT molecular complexity index is 318. The van der Waals surface area contributed by atoms with Gasteiger partial charge >= 0.3 is 0 Å². The minimum absolute atomic E-state index is 0.386. The maximum absolute atomic E-state index is 9.45. The van der Waals surface area contributed by atoms with Crippen molar-refractivity contribution in [2.75, 3.05) is 6.61 Å². The lowest BCUT2D eigenvalue weighted by Gasteiger charge is -2.10. The molecule has 0 aromatic heterocycles. The Kier molecular flexibility index (Phi) is 2.73. The first-order valence-electron chi connectivity index (χ1n) is 5.21. The van der Waals surface area contributed by atoms with Crippen LogP contribution in [0.2, 0.25) is 0 Å². The predicted molar refractivity (Wildman–Crippen MR) is 55.5 cm³/mol. The van der Waals surface area contributed by atoms with Crippen molar-refractivity contribution >= 4 is 0 Å². The zero-order valence-electron chi connectivity index (χ0n) is 8.49. The van der Waals surface area contributed by atoms with E-state index >= 15 is 0 Å². The van der Waals surface area contributed by atoms with E-state index in [1.54, 1.807) is 6.92 Å². The molecular formula is C12H16O2. The van der Waals surface area contributed by atoms with Crippen molar-refractivity contribution in [3.05, 3.63) is 29.3 Å². The third-order valence-electron chi connectivity index (χ3n) is 2.66. The fourth-order valence-electron chi connectivity index (χ4n) is 1.80. The molecule has 0 saturated carbocycles. The summed E-state index contributed by atoms with van der Waals surface area (Å²) in [5.41, 5.74) is 2.22. The summed E-state index contributed by atoms with van der Waals surface area (Å²) in [7, 11) is 0. The van der Waals surface area contributed by atoms with E-state index in [0.29, 0.717) is 0 Å². The fraction of sp³-hybridized carbons (Fsp3) is 0.500. The first kappa shape index (κ1) is 9.53. The van der Waals surface area contributed by atoms with E-state index in [-0.39, 0.29) is 6.10 Å². The molecule has 1 N–H and O–H groups in total. The molecule has 0 bridgehead atoms. The van der Waals surface area contributed by atoms with Crippen molar-refractivity contribution < 1.29 is 9.84 Å². The number of aliphatic hydroxyl groups excluding tert-OH is 1. The van der Waals surface area contributed by atoms with Gasteiger partial charge in [0.15, 0.2) is 0 Å². The average Bonchev–Trinajstić information content (AvgIpc) is 2.41. The van der Waals surface area contributed by atoms with Crippen molar-refractivity contribution in [3.63, 3.8) is 0 Å². The molecule has 1 unspecified atom stereocenters. The summed E-state index contributed by atoms with van der Waals surface area (Å²) in [4.78, 5) is 0. The van der Waals surface area contributed by atoms with Crippen molar-refractivity contribution in [3.8, 4) is 5.75 Å². The number of aryl methyl sites for hydroxylation is 1. The van der Waals surface area contributed by atoms with Gasteiger partial charge in [-0.15, -0.1) is 0 Å². The van der Waals surface area contributed by atoms with E-state index in [2.05, 4.69) is 6.07 Å². The van der Waals surface area contributed by atoms with E-state index in [4.69, 9.17) is 4.74 Å². The van der Waals surface area contributed by atoms with Gasteiger partial charge < -0.3 is 9.84 Å². The maximum Gasteiger partial charge on any atom is 0.122 e. The van der Waals surface area contributed by atoms with Crippen molar-refractivity contribution in [2.24, 2.45) is 0 Å². The summed E-state index contributed by atoms with van der Waals surface area (Å²) in [6.07, 6.45) is 2.98. The second-order valence-corrected chi connectivity index (χ2v) is 3.85. The van der Waals surface area contributed by atoms with Crippen molar-refractivity contribution in [1.82, 2.24) is 0 Å². The van der Waals surface area contributed by atoms with Crippen LogP contribution in [0.1, 0.15) is 37.0 Å². The van der Waals surface area contributed by atoms with Crippen LogP contribution >= 0.6 is 0 Å². The highest BCUT2D eigenvalue weighted by molar-refractivity contribution is 5.38. The first-order chi connectivity index (χ1) is 6.77. The minimum Gasteiger partial charge on any atom is -0.493 e. The van der Waals surface area contributed by atoms with Gasteiger partial charge in [-0.1, -0.05) is 6.07 Å². The molecule has 1 atom stereocenters. The molecule has 0 radical (unpaired) electrons. The SMILES string of the molecule is CC(O)c1ccc2c(c1)CCCCO2. The normalized spacial score (nSPS) is 17.9. The molecule has 2 heteroatoms. The van der Waals surface area contributed by atoms with Crippen LogP contribution in [0.4, 0.5) is 0 Å². The molecule has 2 rings (SSSR count). The number of ether oxygens (including phenoxy) is 1. The van der Waals surface area contributed by atoms with E-state index in [1.807, 2.05) is 12.1 Å². The van der Waals surface area contributed by atoms with Gasteiger partial charge in [-0.25, -0.2) is 0 Å². The molecule has 0 spiro atoms. The second-order valence-electron chi connectivity index (χ2n) is 3.85. The largest absolute Gasteiger partial charge is 0.493 e. The van der Waals surface area contributed by atoms with Gasteiger partial charge in [0.1, 0.15) is 5.75 Å². The van der Waals surface area contributed by atoms with Gasteiger partial charge in [-0.3, -0.25) is 0 Å². The summed E-state index contributed by atoms with van der Waals surface area (Å²) in [6.45, 7) is 2.61. The molecule has 1 aromatic rings. The van der Waals surface area contributed by atoms with Crippen molar-refractivity contribution in [2.45, 2.75) is 32.3 Å². The van der Waals surface area contributed by atoms with Crippen LogP contribution in [0.5, 0.6) is 5.75 Å². The molecule has 2 nitrogen and oxygen atoms in total. The third-order valence-corrected chi connectivity index (χ3v) is 2.66. The van der Waals surface area contributed by atoms with E-state index in [0.717, 1.165) is 30.8 Å². The molecule has 14 heavy (non-hydrogen) atoms. The Morgan fingerprint density at radius 1 is 1.36 bits per heavy atom. The molecule has 1 heterocycles. The molecule has 76 valence electrons. The molecule has 1 aliphatic rings. The molecule has 1 aromatic carbocycles. The summed E-state index contributed by atoms with van der Waals surface area (Å²) < 4.78 is 5.60. The van der Waals surface area contributed by atoms with E-state index < -0.39 is 0 Å². The average molecular weight is 192 g/mol. The Labute approximate surface area is 84.5 Å². The number of rotatable bonds is 1. The third kappa shape index (κ3) is 1.90. The summed E-state index contributed by atoms with van der Waals surface area (Å²) in [6, 6.07) is 5.98. The highest BCUT2D eigenvalue weighted by atomic mass is 16.5. The van der Waals surface area contributed by atoms with Gasteiger partial charge in [0, 0.05) is 0 Å². The molecule has 0 saturated heterocycles. The molecular weight excluding hydrogens is 176 g/mol. The quantitative estimate of drug-likeness (QED) is 0.740. The number of aliphatic hydroxyl groups is 1. The summed E-state index contributed by atoms with van der Waals surface area (Å²) in [5.74, 6) is 0.993. The number of hydrogen-bond donors (Lipinski definition) is 1. The lowest BCUT2D eigenvalue weighted by Crippen LogP contribution is -1.97. The van der Waals surface area contributed by atoms with E-state index in [9.17, 15) is 5.11 Å². The highest BCUT2D eigenvalue weighted by Gasteiger charge is 2.10. The minimum atomic E-state index is -0.386. The Morgan fingerprint density at radius 2 is 2.21 bits per heavy atom. The van der Waals surface area contributed by atoms with Gasteiger partial charge in [0.2, 0.25) is 0 Å². The lowest BCUT2D eigenvalue weighted by molar-refractivity contribution is 0.199. The Balaban J connectivity index is 2.32. The Morgan fingerprint density at radius 3 is 3.00 bits per heavy atom. The van der Waals surface area contributed by atoms with Crippen LogP contribution in [0.15, 0.2) is 18.2 Å². The topological polar surface area (TPSA) is 29.5 Å². The maximum atomic E-state index is 9.45. The fourth-order valence-corrected chi connectivity index (χ4v) is 1.80. The van der Waals surface area contributed by atoms with Crippen LogP contribution in [0.3, 0.4) is 0 Å². The van der Waals surface area contributed by atoms with Gasteiger partial charge in [-0.2, -0.15) is 0 Å². The molecule has 0 aliphatic carbocycles. The zero-order valence-corrected chi connectivity index (χ0v) is 8.49. The smallest absolute Gasteiger partial charge is 0.122 e. The van der Waals surface area contributed by atoms with Gasteiger partial charge in [0.25, 0.3) is 0 Å².